The Hall–Kier alpha value is -1.71. The molecule has 146 valence electrons. The number of thioether (sulfide) groups is 1. The summed E-state index contributed by atoms with van der Waals surface area (Å²) in [5.41, 5.74) is -0.971. The minimum atomic E-state index is -4.86. The first-order valence-corrected chi connectivity index (χ1v) is 10.4. The van der Waals surface area contributed by atoms with Gasteiger partial charge in [0.1, 0.15) is 4.75 Å². The Morgan fingerprint density at radius 2 is 1.67 bits per heavy atom. The first kappa shape index (κ1) is 21.6. The lowest BCUT2D eigenvalue weighted by Gasteiger charge is -2.26. The molecule has 0 aliphatic rings. The molecular formula is C17H14ClF3O4S2. The van der Waals surface area contributed by atoms with Gasteiger partial charge in [-0.25, -0.2) is 8.42 Å². The number of carbonyl (C=O) groups is 1. The number of aliphatic carboxylic acids is 1. The Bertz CT molecular complexity index is 973. The van der Waals surface area contributed by atoms with Gasteiger partial charge in [-0.3, -0.25) is 4.79 Å². The highest BCUT2D eigenvalue weighted by Crippen LogP contribution is 2.47. The summed E-state index contributed by atoms with van der Waals surface area (Å²) < 4.78 is 61.9. The highest BCUT2D eigenvalue weighted by atomic mass is 35.5. The van der Waals surface area contributed by atoms with Gasteiger partial charge in [-0.05, 0) is 42.8 Å². The molecule has 0 bridgehead atoms. The van der Waals surface area contributed by atoms with E-state index in [0.717, 1.165) is 18.4 Å². The van der Waals surface area contributed by atoms with Gasteiger partial charge in [0.05, 0.1) is 10.5 Å². The molecule has 0 aromatic heterocycles. The maximum absolute atomic E-state index is 13.5. The van der Waals surface area contributed by atoms with Crippen molar-refractivity contribution in [3.63, 3.8) is 0 Å². The largest absolute Gasteiger partial charge is 0.480 e. The molecule has 0 spiro atoms. The Labute approximate surface area is 163 Å². The molecular weight excluding hydrogens is 425 g/mol. The van der Waals surface area contributed by atoms with E-state index in [2.05, 4.69) is 0 Å². The summed E-state index contributed by atoms with van der Waals surface area (Å²) in [5.74, 6) is -1.35. The zero-order chi connectivity index (χ0) is 20.6. The fourth-order valence-corrected chi connectivity index (χ4v) is 4.24. The number of carboxylic acids is 1. The van der Waals surface area contributed by atoms with Crippen LogP contribution in [0.3, 0.4) is 0 Å². The molecule has 2 aromatic carbocycles. The molecule has 27 heavy (non-hydrogen) atoms. The van der Waals surface area contributed by atoms with Crippen LogP contribution in [-0.4, -0.2) is 25.7 Å². The fourth-order valence-electron chi connectivity index (χ4n) is 2.26. The normalized spacial score (nSPS) is 14.6. The Morgan fingerprint density at radius 3 is 2.11 bits per heavy atom. The summed E-state index contributed by atoms with van der Waals surface area (Å²) in [6.07, 6.45) is -4.06. The van der Waals surface area contributed by atoms with E-state index in [-0.39, 0.29) is 5.56 Å². The number of benzene rings is 2. The van der Waals surface area contributed by atoms with Crippen LogP contribution in [0.4, 0.5) is 13.2 Å². The maximum atomic E-state index is 13.5. The summed E-state index contributed by atoms with van der Waals surface area (Å²) in [7, 11) is -3.86. The summed E-state index contributed by atoms with van der Waals surface area (Å²) in [6.45, 7) is 1.27. The van der Waals surface area contributed by atoms with Crippen molar-refractivity contribution >= 4 is 39.2 Å². The first-order valence-electron chi connectivity index (χ1n) is 7.35. The van der Waals surface area contributed by atoms with Gasteiger partial charge in [0.15, 0.2) is 9.84 Å². The van der Waals surface area contributed by atoms with Crippen molar-refractivity contribution < 1.29 is 31.5 Å². The average molecular weight is 439 g/mol. The van der Waals surface area contributed by atoms with Gasteiger partial charge >= 0.3 is 12.1 Å². The number of carboxylic acid groups (broad SMARTS) is 1. The molecule has 2 rings (SSSR count). The SMILES string of the molecule is CC(Sc1ccc(S(C)(=O)=O)cc1C(F)(F)F)(C(=O)O)c1ccc(Cl)cc1. The van der Waals surface area contributed by atoms with E-state index in [1.807, 2.05) is 0 Å². The van der Waals surface area contributed by atoms with E-state index < -0.39 is 42.1 Å². The average Bonchev–Trinajstić information content (AvgIpc) is 2.53. The molecule has 0 saturated carbocycles. The lowest BCUT2D eigenvalue weighted by Crippen LogP contribution is -2.29. The molecule has 0 amide bonds. The van der Waals surface area contributed by atoms with Crippen LogP contribution in [0.25, 0.3) is 0 Å². The van der Waals surface area contributed by atoms with Crippen molar-refractivity contribution in [1.29, 1.82) is 0 Å². The Kier molecular flexibility index (Phi) is 5.89. The first-order chi connectivity index (χ1) is 12.2. The molecule has 0 fully saturated rings. The number of hydrogen-bond acceptors (Lipinski definition) is 4. The van der Waals surface area contributed by atoms with Crippen molar-refractivity contribution in [1.82, 2.24) is 0 Å². The van der Waals surface area contributed by atoms with Crippen LogP contribution in [0.1, 0.15) is 18.1 Å². The van der Waals surface area contributed by atoms with Crippen LogP contribution in [0, 0.1) is 0 Å². The molecule has 0 aliphatic carbocycles. The number of sulfone groups is 1. The molecule has 1 atom stereocenters. The van der Waals surface area contributed by atoms with E-state index >= 15 is 0 Å². The van der Waals surface area contributed by atoms with Crippen molar-refractivity contribution in [3.05, 3.63) is 58.6 Å². The zero-order valence-electron chi connectivity index (χ0n) is 14.0. The summed E-state index contributed by atoms with van der Waals surface area (Å²) in [6, 6.07) is 8.23. The van der Waals surface area contributed by atoms with Gasteiger partial charge in [-0.1, -0.05) is 23.7 Å². The maximum Gasteiger partial charge on any atom is 0.417 e. The predicted octanol–water partition coefficient (Wildman–Crippen LogP) is 4.85. The number of halogens is 4. The van der Waals surface area contributed by atoms with E-state index in [9.17, 15) is 31.5 Å². The van der Waals surface area contributed by atoms with Crippen molar-refractivity contribution in [2.75, 3.05) is 6.26 Å². The molecule has 0 aliphatic heterocycles. The molecule has 1 N–H and O–H groups in total. The third-order valence-corrected chi connectivity index (χ3v) is 6.56. The lowest BCUT2D eigenvalue weighted by atomic mass is 10.0. The number of rotatable bonds is 5. The van der Waals surface area contributed by atoms with Crippen LogP contribution >= 0.6 is 23.4 Å². The second-order valence-corrected chi connectivity index (χ2v) is 9.79. The van der Waals surface area contributed by atoms with Gasteiger partial charge in [0.25, 0.3) is 0 Å². The Morgan fingerprint density at radius 1 is 1.11 bits per heavy atom. The summed E-state index contributed by atoms with van der Waals surface area (Å²) in [5, 5.41) is 10.0. The second-order valence-electron chi connectivity index (χ2n) is 5.88. The zero-order valence-corrected chi connectivity index (χ0v) is 16.4. The van der Waals surface area contributed by atoms with Gasteiger partial charge in [0.2, 0.25) is 0 Å². The molecule has 2 aromatic rings. The lowest BCUT2D eigenvalue weighted by molar-refractivity contribution is -0.141. The van der Waals surface area contributed by atoms with Gasteiger partial charge < -0.3 is 5.11 Å². The van der Waals surface area contributed by atoms with E-state index in [1.165, 1.54) is 31.2 Å². The van der Waals surface area contributed by atoms with Crippen LogP contribution in [-0.2, 0) is 25.6 Å². The van der Waals surface area contributed by atoms with Gasteiger partial charge in [-0.2, -0.15) is 13.2 Å². The summed E-state index contributed by atoms with van der Waals surface area (Å²) >= 11 is 6.26. The van der Waals surface area contributed by atoms with Crippen molar-refractivity contribution in [2.45, 2.75) is 27.6 Å². The third kappa shape index (κ3) is 4.77. The fraction of sp³-hybridized carbons (Fsp3) is 0.235. The molecule has 0 radical (unpaired) electrons. The Balaban J connectivity index is 2.62. The number of alkyl halides is 3. The smallest absolute Gasteiger partial charge is 0.417 e. The van der Waals surface area contributed by atoms with Crippen LogP contribution in [0.2, 0.25) is 5.02 Å². The quantitative estimate of drug-likeness (QED) is 0.675. The molecule has 0 heterocycles. The van der Waals surface area contributed by atoms with E-state index in [4.69, 9.17) is 11.6 Å². The topological polar surface area (TPSA) is 71.4 Å². The monoisotopic (exact) mass is 438 g/mol. The molecule has 10 heteroatoms. The highest BCUT2D eigenvalue weighted by molar-refractivity contribution is 8.01. The van der Waals surface area contributed by atoms with Crippen LogP contribution < -0.4 is 0 Å². The predicted molar refractivity (Wildman–Crippen MR) is 96.9 cm³/mol. The van der Waals surface area contributed by atoms with Crippen molar-refractivity contribution in [3.8, 4) is 0 Å². The molecule has 0 saturated heterocycles. The second kappa shape index (κ2) is 7.37. The number of hydrogen-bond donors (Lipinski definition) is 1. The van der Waals surface area contributed by atoms with Gasteiger partial charge in [0, 0.05) is 16.2 Å². The van der Waals surface area contributed by atoms with Gasteiger partial charge in [-0.15, -0.1) is 11.8 Å². The molecule has 1 unspecified atom stereocenters. The third-order valence-electron chi connectivity index (χ3n) is 3.80. The van der Waals surface area contributed by atoms with E-state index in [0.29, 0.717) is 22.9 Å². The minimum absolute atomic E-state index is 0.240. The van der Waals surface area contributed by atoms with Crippen LogP contribution in [0.15, 0.2) is 52.3 Å². The van der Waals surface area contributed by atoms with Crippen molar-refractivity contribution in [2.24, 2.45) is 0 Å². The summed E-state index contributed by atoms with van der Waals surface area (Å²) in [4.78, 5) is 11.0. The minimum Gasteiger partial charge on any atom is -0.480 e. The van der Waals surface area contributed by atoms with E-state index in [1.54, 1.807) is 0 Å². The standard InChI is InChI=1S/C17H14ClF3O4S2/c1-16(15(22)23,10-3-5-11(18)6-4-10)26-14-8-7-12(27(2,24)25)9-13(14)17(19,20)21/h3-9H,1-2H3,(H,22,23). The molecule has 4 nitrogen and oxygen atoms in total. The highest BCUT2D eigenvalue weighted by Gasteiger charge is 2.41. The van der Waals surface area contributed by atoms with Crippen LogP contribution in [0.5, 0.6) is 0 Å².